The average Bonchev–Trinajstić information content (AvgIpc) is 3.31. The Morgan fingerprint density at radius 2 is 1.50 bits per heavy atom. The Labute approximate surface area is 131 Å². The molecule has 1 atom stereocenters. The molecule has 22 heavy (non-hydrogen) atoms. The van der Waals surface area contributed by atoms with Gasteiger partial charge in [0.05, 0.1) is 5.92 Å². The number of hydrogen-bond acceptors (Lipinski definition) is 2. The fourth-order valence-corrected chi connectivity index (χ4v) is 3.10. The predicted molar refractivity (Wildman–Crippen MR) is 88.7 cm³/mol. The van der Waals surface area contributed by atoms with E-state index in [0.717, 1.165) is 12.1 Å². The zero-order chi connectivity index (χ0) is 15.6. The van der Waals surface area contributed by atoms with Crippen LogP contribution < -0.4 is 5.43 Å². The summed E-state index contributed by atoms with van der Waals surface area (Å²) >= 11 is 0. The number of nitrogens with zero attached hydrogens (tertiary/aromatic N) is 1. The van der Waals surface area contributed by atoms with Gasteiger partial charge in [0.2, 0.25) is 5.91 Å². The Hall–Kier alpha value is -2.42. The van der Waals surface area contributed by atoms with Crippen molar-refractivity contribution in [2.45, 2.75) is 25.7 Å². The Morgan fingerprint density at radius 3 is 1.95 bits per heavy atom. The van der Waals surface area contributed by atoms with Gasteiger partial charge in [-0.15, -0.1) is 0 Å². The Kier molecular flexibility index (Phi) is 3.80. The summed E-state index contributed by atoms with van der Waals surface area (Å²) in [5.74, 6) is -0.0747. The van der Waals surface area contributed by atoms with Gasteiger partial charge in [0.1, 0.15) is 0 Å². The molecule has 0 aromatic heterocycles. The maximum atomic E-state index is 12.5. The lowest BCUT2D eigenvalue weighted by molar-refractivity contribution is -0.122. The van der Waals surface area contributed by atoms with Crippen molar-refractivity contribution in [1.29, 1.82) is 0 Å². The van der Waals surface area contributed by atoms with E-state index in [1.807, 2.05) is 50.2 Å². The molecule has 0 heterocycles. The van der Waals surface area contributed by atoms with Gasteiger partial charge in [-0.1, -0.05) is 60.7 Å². The lowest BCUT2D eigenvalue weighted by Gasteiger charge is -2.18. The van der Waals surface area contributed by atoms with Crippen LogP contribution >= 0.6 is 0 Å². The van der Waals surface area contributed by atoms with Gasteiger partial charge in [-0.2, -0.15) is 5.10 Å². The Morgan fingerprint density at radius 1 is 1.00 bits per heavy atom. The molecular weight excluding hydrogens is 272 g/mol. The number of benzene rings is 2. The van der Waals surface area contributed by atoms with Crippen molar-refractivity contribution in [1.82, 2.24) is 5.43 Å². The van der Waals surface area contributed by atoms with E-state index in [0.29, 0.717) is 0 Å². The summed E-state index contributed by atoms with van der Waals surface area (Å²) in [6.07, 6.45) is 0.825. The van der Waals surface area contributed by atoms with Crippen LogP contribution in [0.4, 0.5) is 0 Å². The minimum atomic E-state index is -0.218. The van der Waals surface area contributed by atoms with Gasteiger partial charge < -0.3 is 0 Å². The first-order chi connectivity index (χ1) is 10.6. The highest BCUT2D eigenvalue weighted by molar-refractivity contribution is 5.87. The predicted octanol–water partition coefficient (Wildman–Crippen LogP) is 3.50. The van der Waals surface area contributed by atoms with E-state index in [2.05, 4.69) is 34.8 Å². The van der Waals surface area contributed by atoms with Crippen molar-refractivity contribution in [3.05, 3.63) is 71.8 Å². The van der Waals surface area contributed by atoms with E-state index in [1.54, 1.807) is 0 Å². The quantitative estimate of drug-likeness (QED) is 0.680. The lowest BCUT2D eigenvalue weighted by Crippen LogP contribution is -2.26. The summed E-state index contributed by atoms with van der Waals surface area (Å²) < 4.78 is 0. The van der Waals surface area contributed by atoms with Gasteiger partial charge in [0, 0.05) is 11.1 Å². The minimum absolute atomic E-state index is 0.00564. The largest absolute Gasteiger partial charge is 0.273 e. The molecule has 1 aliphatic carbocycles. The number of amides is 1. The highest BCUT2D eigenvalue weighted by Gasteiger charge is 2.60. The molecule has 2 aromatic carbocycles. The summed E-state index contributed by atoms with van der Waals surface area (Å²) in [5, 5.41) is 4.06. The number of hydrogen-bond donors (Lipinski definition) is 1. The van der Waals surface area contributed by atoms with Crippen LogP contribution in [0.25, 0.3) is 0 Å². The average molecular weight is 292 g/mol. The third kappa shape index (κ3) is 2.54. The van der Waals surface area contributed by atoms with Crippen LogP contribution in [0.15, 0.2) is 65.8 Å². The van der Waals surface area contributed by atoms with Crippen LogP contribution in [-0.2, 0) is 10.2 Å². The molecule has 1 fully saturated rings. The highest BCUT2D eigenvalue weighted by Crippen LogP contribution is 2.58. The zero-order valence-electron chi connectivity index (χ0n) is 12.9. The number of hydrazone groups is 1. The molecule has 0 spiro atoms. The second-order valence-corrected chi connectivity index (χ2v) is 6.00. The number of nitrogens with one attached hydrogen (secondary N) is 1. The number of carbonyl (C=O) groups is 1. The van der Waals surface area contributed by atoms with Crippen LogP contribution in [0.5, 0.6) is 0 Å². The van der Waals surface area contributed by atoms with Crippen molar-refractivity contribution in [2.75, 3.05) is 0 Å². The monoisotopic (exact) mass is 292 g/mol. The first kappa shape index (κ1) is 14.5. The molecular formula is C19H20N2O. The zero-order valence-corrected chi connectivity index (χ0v) is 12.9. The van der Waals surface area contributed by atoms with E-state index in [9.17, 15) is 4.79 Å². The minimum Gasteiger partial charge on any atom is -0.273 e. The summed E-state index contributed by atoms with van der Waals surface area (Å²) in [6, 6.07) is 20.5. The fraction of sp³-hybridized carbons (Fsp3) is 0.263. The van der Waals surface area contributed by atoms with Crippen molar-refractivity contribution < 1.29 is 4.79 Å². The van der Waals surface area contributed by atoms with Gasteiger partial charge in [-0.3, -0.25) is 4.79 Å². The molecule has 0 saturated heterocycles. The molecule has 112 valence electrons. The highest BCUT2D eigenvalue weighted by atomic mass is 16.2. The number of rotatable bonds is 4. The second kappa shape index (κ2) is 5.76. The van der Waals surface area contributed by atoms with Crippen LogP contribution in [0.2, 0.25) is 0 Å². The third-order valence-electron chi connectivity index (χ3n) is 4.24. The molecule has 3 nitrogen and oxygen atoms in total. The summed E-state index contributed by atoms with van der Waals surface area (Å²) in [6.45, 7) is 3.74. The second-order valence-electron chi connectivity index (χ2n) is 6.00. The molecule has 0 aliphatic heterocycles. The summed E-state index contributed by atoms with van der Waals surface area (Å²) in [5.41, 5.74) is 5.70. The fourth-order valence-electron chi connectivity index (χ4n) is 3.10. The topological polar surface area (TPSA) is 41.5 Å². The maximum absolute atomic E-state index is 12.5. The van der Waals surface area contributed by atoms with E-state index < -0.39 is 0 Å². The third-order valence-corrected chi connectivity index (χ3v) is 4.24. The van der Waals surface area contributed by atoms with Gasteiger partial charge in [-0.05, 0) is 31.4 Å². The van der Waals surface area contributed by atoms with Gasteiger partial charge in [0.25, 0.3) is 0 Å². The molecule has 0 bridgehead atoms. The van der Waals surface area contributed by atoms with Crippen LogP contribution in [0, 0.1) is 5.92 Å². The molecule has 1 amide bonds. The standard InChI is InChI=1S/C19H20N2O/c1-14(2)20-21-18(22)17-13-19(17,15-9-5-3-6-10-15)16-11-7-4-8-12-16/h3-12,17H,13H2,1-2H3,(H,21,22). The maximum Gasteiger partial charge on any atom is 0.244 e. The smallest absolute Gasteiger partial charge is 0.244 e. The van der Waals surface area contributed by atoms with Crippen molar-refractivity contribution in [3.8, 4) is 0 Å². The van der Waals surface area contributed by atoms with Gasteiger partial charge in [-0.25, -0.2) is 5.43 Å². The lowest BCUT2D eigenvalue weighted by atomic mass is 9.85. The van der Waals surface area contributed by atoms with Crippen molar-refractivity contribution in [2.24, 2.45) is 11.0 Å². The Balaban J connectivity index is 1.95. The molecule has 0 radical (unpaired) electrons. The van der Waals surface area contributed by atoms with Gasteiger partial charge in [0.15, 0.2) is 0 Å². The van der Waals surface area contributed by atoms with Crippen LogP contribution in [0.3, 0.4) is 0 Å². The first-order valence-electron chi connectivity index (χ1n) is 7.56. The summed E-state index contributed by atoms with van der Waals surface area (Å²) in [4.78, 5) is 12.5. The normalized spacial score (nSPS) is 18.4. The van der Waals surface area contributed by atoms with E-state index >= 15 is 0 Å². The molecule has 3 heteroatoms. The SMILES string of the molecule is CC(C)=NNC(=O)C1CC1(c1ccccc1)c1ccccc1. The van der Waals surface area contributed by atoms with E-state index in [4.69, 9.17) is 0 Å². The van der Waals surface area contributed by atoms with Crippen molar-refractivity contribution >= 4 is 11.6 Å². The molecule has 3 rings (SSSR count). The van der Waals surface area contributed by atoms with Crippen molar-refractivity contribution in [3.63, 3.8) is 0 Å². The molecule has 2 aromatic rings. The first-order valence-corrected chi connectivity index (χ1v) is 7.56. The number of carbonyl (C=O) groups excluding carboxylic acids is 1. The molecule has 1 saturated carbocycles. The Bertz CT molecular complexity index is 648. The van der Waals surface area contributed by atoms with Gasteiger partial charge >= 0.3 is 0 Å². The molecule has 1 N–H and O–H groups in total. The van der Waals surface area contributed by atoms with Crippen LogP contribution in [0.1, 0.15) is 31.4 Å². The van der Waals surface area contributed by atoms with E-state index in [-0.39, 0.29) is 17.2 Å². The van der Waals surface area contributed by atoms with E-state index in [1.165, 1.54) is 11.1 Å². The molecule has 1 aliphatic rings. The molecule has 1 unspecified atom stereocenters. The summed E-state index contributed by atoms with van der Waals surface area (Å²) in [7, 11) is 0. The van der Waals surface area contributed by atoms with Crippen LogP contribution in [-0.4, -0.2) is 11.6 Å².